The van der Waals surface area contributed by atoms with Crippen molar-refractivity contribution in [3.05, 3.63) is 54.2 Å². The molecule has 100 valence electrons. The molecule has 0 aliphatic carbocycles. The van der Waals surface area contributed by atoms with Crippen molar-refractivity contribution in [2.45, 2.75) is 19.3 Å². The first-order chi connectivity index (χ1) is 9.29. The summed E-state index contributed by atoms with van der Waals surface area (Å²) >= 11 is 0. The fourth-order valence-corrected chi connectivity index (χ4v) is 1.98. The van der Waals surface area contributed by atoms with Gasteiger partial charge < -0.3 is 10.1 Å². The molecule has 0 saturated carbocycles. The van der Waals surface area contributed by atoms with Crippen molar-refractivity contribution in [1.29, 1.82) is 0 Å². The van der Waals surface area contributed by atoms with Crippen LogP contribution < -0.4 is 10.1 Å². The Labute approximate surface area is 114 Å². The molecule has 1 N–H and O–H groups in total. The molecule has 1 unspecified atom stereocenters. The summed E-state index contributed by atoms with van der Waals surface area (Å²) in [5.74, 6) is 2.36. The van der Waals surface area contributed by atoms with Gasteiger partial charge >= 0.3 is 0 Å². The fourth-order valence-electron chi connectivity index (χ4n) is 1.98. The lowest BCUT2D eigenvalue weighted by atomic mass is 9.98. The van der Waals surface area contributed by atoms with Crippen molar-refractivity contribution in [1.82, 2.24) is 4.98 Å². The number of benzene rings is 1. The van der Waals surface area contributed by atoms with Gasteiger partial charge in [-0.3, -0.25) is 0 Å². The Morgan fingerprint density at radius 1 is 1.16 bits per heavy atom. The van der Waals surface area contributed by atoms with Crippen molar-refractivity contribution in [2.24, 2.45) is 0 Å². The first kappa shape index (κ1) is 13.4. The zero-order chi connectivity index (χ0) is 13.5. The van der Waals surface area contributed by atoms with Gasteiger partial charge in [-0.2, -0.15) is 0 Å². The molecule has 3 heteroatoms. The highest BCUT2D eigenvalue weighted by Crippen LogP contribution is 2.21. The highest BCUT2D eigenvalue weighted by molar-refractivity contribution is 5.33. The van der Waals surface area contributed by atoms with E-state index in [-0.39, 0.29) is 0 Å². The number of hydrogen-bond donors (Lipinski definition) is 1. The minimum atomic E-state index is 0.516. The van der Waals surface area contributed by atoms with Crippen molar-refractivity contribution >= 4 is 5.82 Å². The molecule has 3 nitrogen and oxygen atoms in total. The first-order valence-electron chi connectivity index (χ1n) is 6.58. The average molecular weight is 256 g/mol. The molecule has 0 saturated heterocycles. The molecule has 19 heavy (non-hydrogen) atoms. The van der Waals surface area contributed by atoms with Crippen LogP contribution in [-0.4, -0.2) is 18.6 Å². The third-order valence-corrected chi connectivity index (χ3v) is 3.23. The zero-order valence-corrected chi connectivity index (χ0v) is 11.5. The Morgan fingerprint density at radius 2 is 1.95 bits per heavy atom. The molecule has 1 aromatic carbocycles. The lowest BCUT2D eigenvalue weighted by Gasteiger charge is -2.13. The molecule has 1 heterocycles. The number of pyridine rings is 1. The lowest BCUT2D eigenvalue weighted by Crippen LogP contribution is -2.06. The number of anilines is 1. The van der Waals surface area contributed by atoms with E-state index in [4.69, 9.17) is 4.74 Å². The van der Waals surface area contributed by atoms with E-state index in [1.807, 2.05) is 30.3 Å². The van der Waals surface area contributed by atoms with Crippen LogP contribution in [0.4, 0.5) is 5.82 Å². The number of methoxy groups -OCH3 is 1. The van der Waals surface area contributed by atoms with Gasteiger partial charge in [0.1, 0.15) is 11.6 Å². The topological polar surface area (TPSA) is 34.1 Å². The average Bonchev–Trinajstić information content (AvgIpc) is 2.48. The molecule has 0 bridgehead atoms. The maximum atomic E-state index is 5.17. The molecule has 2 aromatic rings. The quantitative estimate of drug-likeness (QED) is 0.855. The van der Waals surface area contributed by atoms with E-state index in [0.717, 1.165) is 24.5 Å². The summed E-state index contributed by atoms with van der Waals surface area (Å²) in [5, 5.41) is 3.33. The Bertz CT molecular complexity index is 482. The molecule has 0 spiro atoms. The number of hydrogen-bond acceptors (Lipinski definition) is 3. The summed E-state index contributed by atoms with van der Waals surface area (Å²) in [6.45, 7) is 3.16. The normalized spacial score (nSPS) is 11.9. The molecule has 0 aliphatic heterocycles. The SMILES string of the molecule is COc1ccc(C(C)CCNc2ccccn2)cc1. The van der Waals surface area contributed by atoms with Crippen LogP contribution in [0.1, 0.15) is 24.8 Å². The molecule has 0 aliphatic rings. The number of ether oxygens (including phenoxy) is 1. The van der Waals surface area contributed by atoms with Crippen LogP contribution in [0.25, 0.3) is 0 Å². The van der Waals surface area contributed by atoms with Crippen LogP contribution in [0.15, 0.2) is 48.7 Å². The maximum absolute atomic E-state index is 5.17. The van der Waals surface area contributed by atoms with Crippen LogP contribution in [0.2, 0.25) is 0 Å². The Kier molecular flexibility index (Phi) is 4.78. The number of nitrogens with zero attached hydrogens (tertiary/aromatic N) is 1. The lowest BCUT2D eigenvalue weighted by molar-refractivity contribution is 0.414. The Balaban J connectivity index is 1.82. The Morgan fingerprint density at radius 3 is 2.58 bits per heavy atom. The maximum Gasteiger partial charge on any atom is 0.125 e. The smallest absolute Gasteiger partial charge is 0.125 e. The van der Waals surface area contributed by atoms with Gasteiger partial charge in [0.15, 0.2) is 0 Å². The predicted molar refractivity (Wildman–Crippen MR) is 78.8 cm³/mol. The van der Waals surface area contributed by atoms with E-state index in [1.54, 1.807) is 13.3 Å². The first-order valence-corrected chi connectivity index (χ1v) is 6.58. The van der Waals surface area contributed by atoms with E-state index in [1.165, 1.54) is 5.56 Å². The summed E-state index contributed by atoms with van der Waals surface area (Å²) in [4.78, 5) is 4.24. The summed E-state index contributed by atoms with van der Waals surface area (Å²) in [5.41, 5.74) is 1.34. The van der Waals surface area contributed by atoms with Crippen LogP contribution in [0.3, 0.4) is 0 Å². The van der Waals surface area contributed by atoms with E-state index < -0.39 is 0 Å². The summed E-state index contributed by atoms with van der Waals surface area (Å²) in [7, 11) is 1.69. The van der Waals surface area contributed by atoms with Crippen LogP contribution in [0.5, 0.6) is 5.75 Å². The van der Waals surface area contributed by atoms with Crippen molar-refractivity contribution in [3.63, 3.8) is 0 Å². The second-order valence-electron chi connectivity index (χ2n) is 4.60. The van der Waals surface area contributed by atoms with Gasteiger partial charge in [-0.1, -0.05) is 25.1 Å². The van der Waals surface area contributed by atoms with Gasteiger partial charge in [0.25, 0.3) is 0 Å². The molecular weight excluding hydrogens is 236 g/mol. The second kappa shape index (κ2) is 6.78. The molecule has 0 amide bonds. The third-order valence-electron chi connectivity index (χ3n) is 3.23. The number of rotatable bonds is 6. The van der Waals surface area contributed by atoms with E-state index in [0.29, 0.717) is 5.92 Å². The standard InChI is InChI=1S/C16H20N2O/c1-13(14-6-8-15(19-2)9-7-14)10-12-18-16-5-3-4-11-17-16/h3-9,11,13H,10,12H2,1-2H3,(H,17,18). The minimum Gasteiger partial charge on any atom is -0.497 e. The monoisotopic (exact) mass is 256 g/mol. The van der Waals surface area contributed by atoms with Gasteiger partial charge in [0, 0.05) is 12.7 Å². The molecule has 0 fully saturated rings. The Hall–Kier alpha value is -2.03. The van der Waals surface area contributed by atoms with Crippen molar-refractivity contribution < 1.29 is 4.74 Å². The minimum absolute atomic E-state index is 0.516. The molecule has 0 radical (unpaired) electrons. The molecule has 1 atom stereocenters. The second-order valence-corrected chi connectivity index (χ2v) is 4.60. The largest absolute Gasteiger partial charge is 0.497 e. The van der Waals surface area contributed by atoms with E-state index in [2.05, 4.69) is 29.4 Å². The van der Waals surface area contributed by atoms with Gasteiger partial charge in [0.2, 0.25) is 0 Å². The van der Waals surface area contributed by atoms with Gasteiger partial charge in [-0.25, -0.2) is 4.98 Å². The van der Waals surface area contributed by atoms with Crippen LogP contribution in [0, 0.1) is 0 Å². The van der Waals surface area contributed by atoms with E-state index in [9.17, 15) is 0 Å². The summed E-state index contributed by atoms with van der Waals surface area (Å²) in [6.07, 6.45) is 2.87. The number of aromatic nitrogens is 1. The highest BCUT2D eigenvalue weighted by Gasteiger charge is 2.05. The van der Waals surface area contributed by atoms with Crippen molar-refractivity contribution in [3.8, 4) is 5.75 Å². The third kappa shape index (κ3) is 3.98. The van der Waals surface area contributed by atoms with Crippen LogP contribution in [-0.2, 0) is 0 Å². The van der Waals surface area contributed by atoms with Crippen molar-refractivity contribution in [2.75, 3.05) is 19.0 Å². The molecular formula is C16H20N2O. The summed E-state index contributed by atoms with van der Waals surface area (Å²) < 4.78 is 5.17. The molecule has 2 rings (SSSR count). The van der Waals surface area contributed by atoms with Crippen LogP contribution >= 0.6 is 0 Å². The predicted octanol–water partition coefficient (Wildman–Crippen LogP) is 3.70. The van der Waals surface area contributed by atoms with Gasteiger partial charge in [0.05, 0.1) is 7.11 Å². The zero-order valence-electron chi connectivity index (χ0n) is 11.5. The van der Waals surface area contributed by atoms with Gasteiger partial charge in [-0.05, 0) is 42.2 Å². The number of nitrogens with one attached hydrogen (secondary N) is 1. The molecule has 1 aromatic heterocycles. The van der Waals surface area contributed by atoms with E-state index >= 15 is 0 Å². The summed E-state index contributed by atoms with van der Waals surface area (Å²) in [6, 6.07) is 14.2. The fraction of sp³-hybridized carbons (Fsp3) is 0.312. The van der Waals surface area contributed by atoms with Gasteiger partial charge in [-0.15, -0.1) is 0 Å². The highest BCUT2D eigenvalue weighted by atomic mass is 16.5.